The Bertz CT molecular complexity index is 740. The second kappa shape index (κ2) is 6.32. The molecule has 2 atom stereocenters. The number of nitrogens with zero attached hydrogens (tertiary/aromatic N) is 3. The molecule has 2 aliphatic rings. The van der Waals surface area contributed by atoms with Crippen molar-refractivity contribution < 1.29 is 28.2 Å². The maximum absolute atomic E-state index is 14.4. The summed E-state index contributed by atoms with van der Waals surface area (Å²) in [6, 6.07) is 4.13. The van der Waals surface area contributed by atoms with Crippen molar-refractivity contribution in [3.05, 3.63) is 24.0 Å². The van der Waals surface area contributed by atoms with Crippen LogP contribution in [0.15, 0.2) is 18.2 Å². The van der Waals surface area contributed by atoms with Crippen molar-refractivity contribution in [2.75, 3.05) is 37.0 Å². The van der Waals surface area contributed by atoms with Crippen LogP contribution in [0.3, 0.4) is 0 Å². The lowest BCUT2D eigenvalue weighted by molar-refractivity contribution is -0.135. The van der Waals surface area contributed by atoms with Gasteiger partial charge in [-0.25, -0.2) is 9.18 Å². The van der Waals surface area contributed by atoms with Crippen molar-refractivity contribution in [2.24, 2.45) is 0 Å². The number of carbonyl (C=O) groups excluding carboxylic acids is 3. The molecule has 0 aliphatic carbocycles. The number of β-lactam (4-membered cyclic amide) rings is 1. The van der Waals surface area contributed by atoms with Crippen molar-refractivity contribution in [1.29, 1.82) is 0 Å². The Morgan fingerprint density at radius 3 is 2.60 bits per heavy atom. The number of ether oxygens (including phenoxy) is 2. The standard InChI is InChI=1S/C16H18FN3O5/c1-9(21)18(2)14-8-19(16(23)25-14)10-4-5-12(11(17)6-10)20-7-13(24-3)15(20)22/h4-6,13-14H,7-8H2,1-3H3. The molecule has 0 N–H and O–H groups in total. The van der Waals surface area contributed by atoms with Crippen LogP contribution < -0.4 is 9.80 Å². The maximum Gasteiger partial charge on any atom is 0.416 e. The molecular weight excluding hydrogens is 333 g/mol. The summed E-state index contributed by atoms with van der Waals surface area (Å²) >= 11 is 0. The van der Waals surface area contributed by atoms with Gasteiger partial charge in [0.15, 0.2) is 12.3 Å². The largest absolute Gasteiger partial charge is 0.423 e. The van der Waals surface area contributed by atoms with Crippen molar-refractivity contribution in [3.63, 3.8) is 0 Å². The van der Waals surface area contributed by atoms with Gasteiger partial charge in [-0.2, -0.15) is 0 Å². The van der Waals surface area contributed by atoms with Gasteiger partial charge in [-0.05, 0) is 18.2 Å². The molecule has 1 aromatic carbocycles. The van der Waals surface area contributed by atoms with E-state index in [0.717, 1.165) is 0 Å². The summed E-state index contributed by atoms with van der Waals surface area (Å²) in [4.78, 5) is 39.0. The van der Waals surface area contributed by atoms with Crippen molar-refractivity contribution >= 4 is 29.3 Å². The third-order valence-corrected chi connectivity index (χ3v) is 4.43. The fourth-order valence-corrected chi connectivity index (χ4v) is 2.73. The van der Waals surface area contributed by atoms with E-state index < -0.39 is 24.2 Å². The van der Waals surface area contributed by atoms with E-state index in [1.54, 1.807) is 0 Å². The molecule has 1 aromatic rings. The second-order valence-electron chi connectivity index (χ2n) is 5.89. The molecule has 2 saturated heterocycles. The SMILES string of the molecule is COC1CN(c2ccc(N3CC(N(C)C(C)=O)OC3=O)cc2F)C1=O. The molecule has 3 rings (SSSR count). The summed E-state index contributed by atoms with van der Waals surface area (Å²) in [7, 11) is 2.95. The minimum Gasteiger partial charge on any atom is -0.423 e. The molecule has 9 heteroatoms. The highest BCUT2D eigenvalue weighted by atomic mass is 19.1. The predicted octanol–water partition coefficient (Wildman–Crippen LogP) is 0.948. The summed E-state index contributed by atoms with van der Waals surface area (Å²) in [5, 5.41) is 0. The fourth-order valence-electron chi connectivity index (χ4n) is 2.73. The number of anilines is 2. The Labute approximate surface area is 143 Å². The van der Waals surface area contributed by atoms with Gasteiger partial charge in [0.25, 0.3) is 5.91 Å². The van der Waals surface area contributed by atoms with E-state index in [0.29, 0.717) is 5.69 Å². The molecule has 8 nitrogen and oxygen atoms in total. The second-order valence-corrected chi connectivity index (χ2v) is 5.89. The molecule has 0 saturated carbocycles. The van der Waals surface area contributed by atoms with Crippen LogP contribution in [0.4, 0.5) is 20.6 Å². The van der Waals surface area contributed by atoms with Gasteiger partial charge in [0.1, 0.15) is 5.82 Å². The topological polar surface area (TPSA) is 79.4 Å². The number of likely N-dealkylation sites (N-methyl/N-ethyl adjacent to an activating group) is 1. The van der Waals surface area contributed by atoms with Crippen molar-refractivity contribution in [2.45, 2.75) is 19.3 Å². The lowest BCUT2D eigenvalue weighted by Crippen LogP contribution is -2.57. The first kappa shape index (κ1) is 17.2. The average molecular weight is 351 g/mol. The van der Waals surface area contributed by atoms with Crippen LogP contribution in [0.5, 0.6) is 0 Å². The first-order valence-corrected chi connectivity index (χ1v) is 7.68. The minimum atomic E-state index is -0.729. The molecule has 2 heterocycles. The molecular formula is C16H18FN3O5. The molecule has 134 valence electrons. The van der Waals surface area contributed by atoms with Crippen LogP contribution in [0.2, 0.25) is 0 Å². The number of cyclic esters (lactones) is 1. The number of benzene rings is 1. The van der Waals surface area contributed by atoms with E-state index in [2.05, 4.69) is 0 Å². The van der Waals surface area contributed by atoms with Gasteiger partial charge in [0.05, 0.1) is 24.5 Å². The zero-order chi connectivity index (χ0) is 18.3. The fraction of sp³-hybridized carbons (Fsp3) is 0.438. The Balaban J connectivity index is 1.76. The number of methoxy groups -OCH3 is 1. The van der Waals surface area contributed by atoms with Crippen LogP contribution in [0.25, 0.3) is 0 Å². The predicted molar refractivity (Wildman–Crippen MR) is 85.6 cm³/mol. The van der Waals surface area contributed by atoms with Gasteiger partial charge in [0.2, 0.25) is 5.91 Å². The van der Waals surface area contributed by atoms with E-state index in [1.807, 2.05) is 0 Å². The van der Waals surface area contributed by atoms with Gasteiger partial charge >= 0.3 is 6.09 Å². The molecule has 0 spiro atoms. The van der Waals surface area contributed by atoms with Crippen LogP contribution >= 0.6 is 0 Å². The summed E-state index contributed by atoms with van der Waals surface area (Å²) in [6.45, 7) is 1.74. The number of halogens is 1. The molecule has 0 radical (unpaired) electrons. The highest BCUT2D eigenvalue weighted by Gasteiger charge is 2.40. The maximum atomic E-state index is 14.4. The summed E-state index contributed by atoms with van der Waals surface area (Å²) in [5.41, 5.74) is 0.425. The monoisotopic (exact) mass is 351 g/mol. The smallest absolute Gasteiger partial charge is 0.416 e. The van der Waals surface area contributed by atoms with Gasteiger partial charge in [-0.3, -0.25) is 14.5 Å². The number of hydrogen-bond donors (Lipinski definition) is 0. The number of amides is 3. The quantitative estimate of drug-likeness (QED) is 0.755. The molecule has 2 aliphatic heterocycles. The average Bonchev–Trinajstić information content (AvgIpc) is 2.96. The molecule has 25 heavy (non-hydrogen) atoms. The van der Waals surface area contributed by atoms with E-state index in [1.165, 1.54) is 54.0 Å². The lowest BCUT2D eigenvalue weighted by Gasteiger charge is -2.37. The zero-order valence-electron chi connectivity index (χ0n) is 14.1. The van der Waals surface area contributed by atoms with Crippen LogP contribution in [-0.4, -0.2) is 62.4 Å². The molecule has 2 fully saturated rings. The summed E-state index contributed by atoms with van der Waals surface area (Å²) < 4.78 is 24.5. The highest BCUT2D eigenvalue weighted by Crippen LogP contribution is 2.31. The first-order valence-electron chi connectivity index (χ1n) is 7.68. The Kier molecular flexibility index (Phi) is 4.34. The molecule has 0 aromatic heterocycles. The molecule has 0 bridgehead atoms. The van der Waals surface area contributed by atoms with Crippen molar-refractivity contribution in [3.8, 4) is 0 Å². The third kappa shape index (κ3) is 2.91. The zero-order valence-corrected chi connectivity index (χ0v) is 14.1. The van der Waals surface area contributed by atoms with Gasteiger partial charge in [-0.1, -0.05) is 0 Å². The van der Waals surface area contributed by atoms with E-state index >= 15 is 0 Å². The van der Waals surface area contributed by atoms with Gasteiger partial charge in [-0.15, -0.1) is 0 Å². The van der Waals surface area contributed by atoms with Crippen LogP contribution in [-0.2, 0) is 19.1 Å². The van der Waals surface area contributed by atoms with Crippen molar-refractivity contribution in [1.82, 2.24) is 4.90 Å². The Hall–Kier alpha value is -2.68. The minimum absolute atomic E-state index is 0.0993. The number of rotatable bonds is 4. The van der Waals surface area contributed by atoms with E-state index in [-0.39, 0.29) is 30.6 Å². The number of hydrogen-bond acceptors (Lipinski definition) is 5. The molecule has 3 amide bonds. The first-order chi connectivity index (χ1) is 11.8. The number of carbonyl (C=O) groups is 3. The Morgan fingerprint density at radius 2 is 2.04 bits per heavy atom. The van der Waals surface area contributed by atoms with E-state index in [9.17, 15) is 18.8 Å². The van der Waals surface area contributed by atoms with Gasteiger partial charge in [0, 0.05) is 21.1 Å². The third-order valence-electron chi connectivity index (χ3n) is 4.43. The Morgan fingerprint density at radius 1 is 1.32 bits per heavy atom. The highest BCUT2D eigenvalue weighted by molar-refractivity contribution is 6.03. The van der Waals surface area contributed by atoms with E-state index in [4.69, 9.17) is 9.47 Å². The summed E-state index contributed by atoms with van der Waals surface area (Å²) in [6.07, 6.45) is -1.94. The van der Waals surface area contributed by atoms with Crippen LogP contribution in [0, 0.1) is 5.82 Å². The molecule has 2 unspecified atom stereocenters. The normalized spacial score (nSPS) is 22.7. The summed E-state index contributed by atoms with van der Waals surface area (Å²) in [5.74, 6) is -1.18. The van der Waals surface area contributed by atoms with Gasteiger partial charge < -0.3 is 19.3 Å². The lowest BCUT2D eigenvalue weighted by atomic mass is 10.1. The van der Waals surface area contributed by atoms with Crippen LogP contribution in [0.1, 0.15) is 6.92 Å².